The highest BCUT2D eigenvalue weighted by Gasteiger charge is 2.43. The van der Waals surface area contributed by atoms with E-state index in [0.29, 0.717) is 0 Å². The van der Waals surface area contributed by atoms with Crippen molar-refractivity contribution >= 4 is 21.9 Å². The van der Waals surface area contributed by atoms with E-state index in [1.807, 2.05) is 0 Å². The SMILES string of the molecule is CC(C)(C)C(=O)N1CCN(S(=O)(=O)c2ccc(OC(F)(F)F)cc2)[C@@H](C(=O)O)C1. The molecule has 8 nitrogen and oxygen atoms in total. The van der Waals surface area contributed by atoms with E-state index in [4.69, 9.17) is 0 Å². The molecule has 1 heterocycles. The number of halogens is 3. The van der Waals surface area contributed by atoms with Crippen LogP contribution in [0.3, 0.4) is 0 Å². The number of rotatable bonds is 4. The quantitative estimate of drug-likeness (QED) is 0.770. The van der Waals surface area contributed by atoms with Crippen molar-refractivity contribution in [2.45, 2.75) is 38.1 Å². The first-order valence-electron chi connectivity index (χ1n) is 8.53. The fourth-order valence-electron chi connectivity index (χ4n) is 2.86. The Morgan fingerprint density at radius 3 is 2.10 bits per heavy atom. The molecule has 0 unspecified atom stereocenters. The number of benzene rings is 1. The topological polar surface area (TPSA) is 104 Å². The first kappa shape index (κ1) is 22.9. The minimum absolute atomic E-state index is 0.00557. The molecular formula is C17H21F3N2O6S. The van der Waals surface area contributed by atoms with Gasteiger partial charge in [-0.15, -0.1) is 13.2 Å². The molecule has 0 aromatic heterocycles. The number of carbonyl (C=O) groups is 2. The highest BCUT2D eigenvalue weighted by molar-refractivity contribution is 7.89. The summed E-state index contributed by atoms with van der Waals surface area (Å²) in [6.45, 7) is 4.40. The number of aliphatic carboxylic acids is 1. The van der Waals surface area contributed by atoms with E-state index in [1.165, 1.54) is 4.90 Å². The van der Waals surface area contributed by atoms with Gasteiger partial charge in [-0.05, 0) is 24.3 Å². The van der Waals surface area contributed by atoms with Crippen molar-refractivity contribution in [3.63, 3.8) is 0 Å². The van der Waals surface area contributed by atoms with Crippen LogP contribution in [0.15, 0.2) is 29.2 Å². The molecule has 1 aromatic carbocycles. The van der Waals surface area contributed by atoms with E-state index in [-0.39, 0.29) is 30.4 Å². The zero-order valence-electron chi connectivity index (χ0n) is 15.9. The first-order chi connectivity index (χ1) is 13.1. The second kappa shape index (κ2) is 7.82. The number of carboxylic acid groups (broad SMARTS) is 1. The van der Waals surface area contributed by atoms with E-state index in [2.05, 4.69) is 4.74 Å². The highest BCUT2D eigenvalue weighted by Crippen LogP contribution is 2.28. The Labute approximate surface area is 165 Å². The van der Waals surface area contributed by atoms with Crippen molar-refractivity contribution in [3.8, 4) is 5.75 Å². The first-order valence-corrected chi connectivity index (χ1v) is 9.97. The molecule has 1 aromatic rings. The molecule has 0 spiro atoms. The zero-order chi connectivity index (χ0) is 22.2. The average molecular weight is 438 g/mol. The van der Waals surface area contributed by atoms with Crippen molar-refractivity contribution in [1.29, 1.82) is 0 Å². The summed E-state index contributed by atoms with van der Waals surface area (Å²) >= 11 is 0. The maximum absolute atomic E-state index is 12.9. The van der Waals surface area contributed by atoms with Gasteiger partial charge in [-0.1, -0.05) is 20.8 Å². The van der Waals surface area contributed by atoms with Crippen molar-refractivity contribution < 1.29 is 41.0 Å². The molecule has 1 saturated heterocycles. The highest BCUT2D eigenvalue weighted by atomic mass is 32.2. The predicted octanol–water partition coefficient (Wildman–Crippen LogP) is 1.92. The molecular weight excluding hydrogens is 417 g/mol. The van der Waals surface area contributed by atoms with Gasteiger partial charge < -0.3 is 14.7 Å². The number of sulfonamides is 1. The molecule has 1 atom stereocenters. The average Bonchev–Trinajstić information content (AvgIpc) is 2.58. The summed E-state index contributed by atoms with van der Waals surface area (Å²) in [6.07, 6.45) is -4.93. The van der Waals surface area contributed by atoms with E-state index >= 15 is 0 Å². The molecule has 1 fully saturated rings. The van der Waals surface area contributed by atoms with Crippen LogP contribution in [0.4, 0.5) is 13.2 Å². The fourth-order valence-corrected chi connectivity index (χ4v) is 4.43. The number of amides is 1. The van der Waals surface area contributed by atoms with Gasteiger partial charge in [0.2, 0.25) is 15.9 Å². The Kier molecular flexibility index (Phi) is 6.19. The van der Waals surface area contributed by atoms with Gasteiger partial charge in [0.1, 0.15) is 11.8 Å². The molecule has 1 aliphatic rings. The van der Waals surface area contributed by atoms with Crippen LogP contribution in [0.5, 0.6) is 5.75 Å². The van der Waals surface area contributed by atoms with Crippen molar-refractivity contribution in [1.82, 2.24) is 9.21 Å². The van der Waals surface area contributed by atoms with Crippen molar-refractivity contribution in [3.05, 3.63) is 24.3 Å². The van der Waals surface area contributed by atoms with Crippen LogP contribution in [0.1, 0.15) is 20.8 Å². The lowest BCUT2D eigenvalue weighted by molar-refractivity contribution is -0.274. The number of carbonyl (C=O) groups excluding carboxylic acids is 1. The van der Waals surface area contributed by atoms with Gasteiger partial charge in [0.05, 0.1) is 4.90 Å². The van der Waals surface area contributed by atoms with Crippen LogP contribution in [0.25, 0.3) is 0 Å². The van der Waals surface area contributed by atoms with E-state index < -0.39 is 39.6 Å². The number of hydrogen-bond donors (Lipinski definition) is 1. The number of hydrogen-bond acceptors (Lipinski definition) is 5. The van der Waals surface area contributed by atoms with Crippen LogP contribution in [0.2, 0.25) is 0 Å². The summed E-state index contributed by atoms with van der Waals surface area (Å²) in [5, 5.41) is 9.50. The Balaban J connectivity index is 2.27. The fraction of sp³-hybridized carbons (Fsp3) is 0.529. The van der Waals surface area contributed by atoms with Gasteiger partial charge >= 0.3 is 12.3 Å². The summed E-state index contributed by atoms with van der Waals surface area (Å²) in [4.78, 5) is 25.0. The molecule has 1 amide bonds. The third-order valence-electron chi connectivity index (χ3n) is 4.21. The number of piperazine rings is 1. The Bertz CT molecular complexity index is 878. The number of nitrogens with zero attached hydrogens (tertiary/aromatic N) is 2. The Morgan fingerprint density at radius 2 is 1.66 bits per heavy atom. The lowest BCUT2D eigenvalue weighted by atomic mass is 9.94. The Morgan fingerprint density at radius 1 is 1.10 bits per heavy atom. The molecule has 2 rings (SSSR count). The zero-order valence-corrected chi connectivity index (χ0v) is 16.7. The number of carboxylic acids is 1. The summed E-state index contributed by atoms with van der Waals surface area (Å²) < 4.78 is 66.9. The molecule has 1 aliphatic heterocycles. The standard InChI is InChI=1S/C17H21F3N2O6S/c1-16(2,3)15(25)21-8-9-22(13(10-21)14(23)24)29(26,27)12-6-4-11(5-7-12)28-17(18,19)20/h4-7,13H,8-10H2,1-3H3,(H,23,24)/t13-/m1/s1. The normalized spacial score (nSPS) is 19.1. The number of alkyl halides is 3. The molecule has 0 saturated carbocycles. The van der Waals surface area contributed by atoms with Crippen LogP contribution in [-0.4, -0.2) is 66.6 Å². The van der Waals surface area contributed by atoms with E-state index in [9.17, 15) is 36.3 Å². The number of ether oxygens (including phenoxy) is 1. The smallest absolute Gasteiger partial charge is 0.480 e. The third kappa shape index (κ3) is 5.38. The van der Waals surface area contributed by atoms with Gasteiger partial charge in [0.25, 0.3) is 0 Å². The van der Waals surface area contributed by atoms with Gasteiger partial charge in [-0.2, -0.15) is 4.31 Å². The van der Waals surface area contributed by atoms with Crippen LogP contribution in [-0.2, 0) is 19.6 Å². The molecule has 0 aliphatic carbocycles. The third-order valence-corrected chi connectivity index (χ3v) is 6.13. The lowest BCUT2D eigenvalue weighted by Crippen LogP contribution is -2.60. The largest absolute Gasteiger partial charge is 0.573 e. The lowest BCUT2D eigenvalue weighted by Gasteiger charge is -2.40. The van der Waals surface area contributed by atoms with E-state index in [0.717, 1.165) is 28.6 Å². The second-order valence-corrected chi connectivity index (χ2v) is 9.38. The molecule has 0 radical (unpaired) electrons. The molecule has 162 valence electrons. The maximum atomic E-state index is 12.9. The summed E-state index contributed by atoms with van der Waals surface area (Å²) in [7, 11) is -4.32. The predicted molar refractivity (Wildman–Crippen MR) is 94.5 cm³/mol. The monoisotopic (exact) mass is 438 g/mol. The van der Waals surface area contributed by atoms with Gasteiger partial charge in [0, 0.05) is 25.0 Å². The van der Waals surface area contributed by atoms with Crippen LogP contribution >= 0.6 is 0 Å². The van der Waals surface area contributed by atoms with Crippen LogP contribution in [0, 0.1) is 5.41 Å². The van der Waals surface area contributed by atoms with Crippen molar-refractivity contribution in [2.75, 3.05) is 19.6 Å². The molecule has 29 heavy (non-hydrogen) atoms. The van der Waals surface area contributed by atoms with Gasteiger partial charge in [-0.25, -0.2) is 8.42 Å². The van der Waals surface area contributed by atoms with Gasteiger partial charge in [0.15, 0.2) is 0 Å². The summed E-state index contributed by atoms with van der Waals surface area (Å²) in [6, 6.07) is 1.95. The summed E-state index contributed by atoms with van der Waals surface area (Å²) in [5.74, 6) is -2.35. The minimum Gasteiger partial charge on any atom is -0.480 e. The maximum Gasteiger partial charge on any atom is 0.573 e. The van der Waals surface area contributed by atoms with E-state index in [1.54, 1.807) is 20.8 Å². The molecule has 0 bridgehead atoms. The van der Waals surface area contributed by atoms with Gasteiger partial charge in [-0.3, -0.25) is 9.59 Å². The second-order valence-electron chi connectivity index (χ2n) is 7.49. The van der Waals surface area contributed by atoms with Crippen molar-refractivity contribution in [2.24, 2.45) is 5.41 Å². The van der Waals surface area contributed by atoms with Crippen LogP contribution < -0.4 is 4.74 Å². The molecule has 12 heteroatoms. The Hall–Kier alpha value is -2.34. The minimum atomic E-state index is -4.93. The summed E-state index contributed by atoms with van der Waals surface area (Å²) in [5.41, 5.74) is -0.765. The molecule has 1 N–H and O–H groups in total.